The molecule has 0 saturated heterocycles. The number of thioether (sulfide) groups is 1. The van der Waals surface area contributed by atoms with Gasteiger partial charge in [0.05, 0.1) is 28.0 Å². The summed E-state index contributed by atoms with van der Waals surface area (Å²) >= 11 is 1.16. The highest BCUT2D eigenvalue weighted by molar-refractivity contribution is 7.99. The molecule has 0 radical (unpaired) electrons. The zero-order valence-corrected chi connectivity index (χ0v) is 19.5. The summed E-state index contributed by atoms with van der Waals surface area (Å²) < 4.78 is 12.4. The second-order valence-electron chi connectivity index (χ2n) is 7.63. The number of aromatic nitrogens is 3. The summed E-state index contributed by atoms with van der Waals surface area (Å²) in [5.74, 6) is 1.35. The van der Waals surface area contributed by atoms with Crippen LogP contribution in [0.1, 0.15) is 5.69 Å². The summed E-state index contributed by atoms with van der Waals surface area (Å²) in [6, 6.07) is 25.4. The van der Waals surface area contributed by atoms with Gasteiger partial charge < -0.3 is 9.26 Å². The van der Waals surface area contributed by atoms with Crippen LogP contribution < -0.4 is 15.6 Å². The van der Waals surface area contributed by atoms with Gasteiger partial charge in [0.2, 0.25) is 11.8 Å². The van der Waals surface area contributed by atoms with E-state index in [2.05, 4.69) is 15.5 Å². The number of nitrogens with zero attached hydrogens (tertiary/aromatic N) is 3. The molecule has 1 amide bonds. The molecule has 0 aliphatic heterocycles. The monoisotopic (exact) mass is 484 g/mol. The zero-order chi connectivity index (χ0) is 24.2. The average molecular weight is 485 g/mol. The van der Waals surface area contributed by atoms with Crippen LogP contribution in [0.2, 0.25) is 0 Å². The van der Waals surface area contributed by atoms with Gasteiger partial charge in [-0.3, -0.25) is 19.5 Å². The topological polar surface area (TPSA) is 99.2 Å². The Hall–Kier alpha value is -4.37. The molecule has 0 spiro atoms. The van der Waals surface area contributed by atoms with Crippen LogP contribution in [-0.2, 0) is 4.79 Å². The largest absolute Gasteiger partial charge is 0.457 e. The number of hydrogen-bond donors (Lipinski definition) is 1. The highest BCUT2D eigenvalue weighted by Gasteiger charge is 2.16. The molecule has 0 unspecified atom stereocenters. The van der Waals surface area contributed by atoms with E-state index in [0.717, 1.165) is 11.8 Å². The van der Waals surface area contributed by atoms with E-state index in [1.165, 1.54) is 4.57 Å². The lowest BCUT2D eigenvalue weighted by molar-refractivity contribution is -0.113. The van der Waals surface area contributed by atoms with Crippen LogP contribution in [0.15, 0.2) is 99.4 Å². The number of carbonyl (C=O) groups is 1. The first kappa shape index (κ1) is 22.4. The summed E-state index contributed by atoms with van der Waals surface area (Å²) in [4.78, 5) is 30.5. The highest BCUT2D eigenvalue weighted by Crippen LogP contribution is 2.25. The molecule has 35 heavy (non-hydrogen) atoms. The summed E-state index contributed by atoms with van der Waals surface area (Å²) in [7, 11) is 0. The van der Waals surface area contributed by atoms with Gasteiger partial charge >= 0.3 is 0 Å². The predicted octanol–water partition coefficient (Wildman–Crippen LogP) is 5.21. The number of anilines is 1. The quantitative estimate of drug-likeness (QED) is 0.250. The second-order valence-corrected chi connectivity index (χ2v) is 8.57. The Morgan fingerprint density at radius 2 is 1.71 bits per heavy atom. The van der Waals surface area contributed by atoms with Gasteiger partial charge in [-0.05, 0) is 55.5 Å². The Labute approximate surface area is 204 Å². The first-order valence-electron chi connectivity index (χ1n) is 10.8. The third kappa shape index (κ3) is 5.10. The fraction of sp³-hybridized carbons (Fsp3) is 0.0769. The Morgan fingerprint density at radius 1 is 1.00 bits per heavy atom. The first-order chi connectivity index (χ1) is 17.1. The van der Waals surface area contributed by atoms with Crippen LogP contribution >= 0.6 is 11.8 Å². The number of nitrogens with one attached hydrogen (secondary N) is 1. The molecular weight excluding hydrogens is 464 g/mol. The third-order valence-electron chi connectivity index (χ3n) is 5.04. The van der Waals surface area contributed by atoms with Gasteiger partial charge in [-0.1, -0.05) is 47.3 Å². The maximum atomic E-state index is 13.4. The SMILES string of the molecule is Cc1cc(NC(=O)CSc2nc3ccccc3c(=O)n2-c2ccc(Oc3ccccc3)cc2)on1. The van der Waals surface area contributed by atoms with Crippen LogP contribution in [-0.4, -0.2) is 26.4 Å². The van der Waals surface area contributed by atoms with Crippen molar-refractivity contribution in [2.75, 3.05) is 11.1 Å². The fourth-order valence-electron chi connectivity index (χ4n) is 3.45. The minimum Gasteiger partial charge on any atom is -0.457 e. The Morgan fingerprint density at radius 3 is 2.46 bits per heavy atom. The van der Waals surface area contributed by atoms with Crippen molar-refractivity contribution in [2.45, 2.75) is 12.1 Å². The summed E-state index contributed by atoms with van der Waals surface area (Å²) in [5, 5.41) is 7.30. The minimum absolute atomic E-state index is 0.0275. The van der Waals surface area contributed by atoms with Crippen molar-refractivity contribution in [3.05, 3.63) is 101 Å². The third-order valence-corrected chi connectivity index (χ3v) is 5.98. The van der Waals surface area contributed by atoms with E-state index in [-0.39, 0.29) is 23.1 Å². The van der Waals surface area contributed by atoms with Crippen LogP contribution in [0.5, 0.6) is 11.5 Å². The molecule has 5 rings (SSSR count). The van der Waals surface area contributed by atoms with Crippen molar-refractivity contribution in [3.8, 4) is 17.2 Å². The number of rotatable bonds is 7. The van der Waals surface area contributed by atoms with Crippen molar-refractivity contribution in [1.29, 1.82) is 0 Å². The van der Waals surface area contributed by atoms with Crippen molar-refractivity contribution in [1.82, 2.24) is 14.7 Å². The number of hydrogen-bond acceptors (Lipinski definition) is 7. The Balaban J connectivity index is 1.44. The molecule has 0 saturated carbocycles. The van der Waals surface area contributed by atoms with Gasteiger partial charge in [0.25, 0.3) is 5.56 Å². The van der Waals surface area contributed by atoms with E-state index in [1.807, 2.05) is 36.4 Å². The Bertz CT molecular complexity index is 1550. The molecule has 0 fully saturated rings. The number of carbonyl (C=O) groups excluding carboxylic acids is 1. The second kappa shape index (κ2) is 9.86. The van der Waals surface area contributed by atoms with Crippen molar-refractivity contribution in [3.63, 3.8) is 0 Å². The zero-order valence-electron chi connectivity index (χ0n) is 18.7. The number of amides is 1. The van der Waals surface area contributed by atoms with Crippen LogP contribution in [0.25, 0.3) is 16.6 Å². The maximum absolute atomic E-state index is 13.4. The molecule has 0 aliphatic carbocycles. The van der Waals surface area contributed by atoms with E-state index in [9.17, 15) is 9.59 Å². The molecule has 5 aromatic rings. The minimum atomic E-state index is -0.299. The molecule has 8 nitrogen and oxygen atoms in total. The number of benzene rings is 3. The smallest absolute Gasteiger partial charge is 0.266 e. The molecular formula is C26H20N4O4S. The molecule has 3 aromatic carbocycles. The number of para-hydroxylation sites is 2. The predicted molar refractivity (Wildman–Crippen MR) is 134 cm³/mol. The van der Waals surface area contributed by atoms with Crippen molar-refractivity contribution < 1.29 is 14.1 Å². The van der Waals surface area contributed by atoms with E-state index >= 15 is 0 Å². The van der Waals surface area contributed by atoms with E-state index < -0.39 is 0 Å². The van der Waals surface area contributed by atoms with Gasteiger partial charge in [0.1, 0.15) is 11.5 Å². The summed E-state index contributed by atoms with van der Waals surface area (Å²) in [6.07, 6.45) is 0. The lowest BCUT2D eigenvalue weighted by Gasteiger charge is -2.14. The molecule has 2 aromatic heterocycles. The normalized spacial score (nSPS) is 10.9. The van der Waals surface area contributed by atoms with Gasteiger partial charge in [0.15, 0.2) is 5.16 Å². The maximum Gasteiger partial charge on any atom is 0.266 e. The van der Waals surface area contributed by atoms with Gasteiger partial charge in [-0.15, -0.1) is 0 Å². The summed E-state index contributed by atoms with van der Waals surface area (Å²) in [6.45, 7) is 1.77. The number of aryl methyl sites for hydroxylation is 1. The first-order valence-corrected chi connectivity index (χ1v) is 11.8. The lowest BCUT2D eigenvalue weighted by atomic mass is 10.2. The molecule has 174 valence electrons. The summed E-state index contributed by atoms with van der Waals surface area (Å²) in [5.41, 5.74) is 1.62. The van der Waals surface area contributed by atoms with Gasteiger partial charge in [-0.25, -0.2) is 4.98 Å². The number of ether oxygens (including phenoxy) is 1. The molecule has 2 heterocycles. The van der Waals surface area contributed by atoms with Gasteiger partial charge in [0, 0.05) is 6.07 Å². The van der Waals surface area contributed by atoms with Crippen LogP contribution in [0.4, 0.5) is 5.88 Å². The average Bonchev–Trinajstić information content (AvgIpc) is 3.28. The molecule has 0 aliphatic rings. The van der Waals surface area contributed by atoms with Crippen molar-refractivity contribution >= 4 is 34.5 Å². The van der Waals surface area contributed by atoms with E-state index in [4.69, 9.17) is 9.26 Å². The molecule has 1 N–H and O–H groups in total. The van der Waals surface area contributed by atoms with Gasteiger partial charge in [-0.2, -0.15) is 0 Å². The van der Waals surface area contributed by atoms with E-state index in [0.29, 0.717) is 38.9 Å². The molecule has 9 heteroatoms. The molecule has 0 atom stereocenters. The van der Waals surface area contributed by atoms with Crippen LogP contribution in [0.3, 0.4) is 0 Å². The number of fused-ring (bicyclic) bond motifs is 1. The molecule has 0 bridgehead atoms. The standard InChI is InChI=1S/C26H20N4O4S/c1-17-15-24(34-29-17)28-23(31)16-35-26-27-22-10-6-5-9-21(22)25(32)30(26)18-11-13-20(14-12-18)33-19-7-3-2-4-8-19/h2-15H,16H2,1H3,(H,28,31). The fourth-order valence-corrected chi connectivity index (χ4v) is 4.26. The van der Waals surface area contributed by atoms with Crippen LogP contribution in [0, 0.1) is 6.92 Å². The van der Waals surface area contributed by atoms with Crippen molar-refractivity contribution in [2.24, 2.45) is 0 Å². The van der Waals surface area contributed by atoms with E-state index in [1.54, 1.807) is 55.5 Å². The highest BCUT2D eigenvalue weighted by atomic mass is 32.2. The lowest BCUT2D eigenvalue weighted by Crippen LogP contribution is -2.22. The Kier molecular flexibility index (Phi) is 6.32.